The van der Waals surface area contributed by atoms with Crippen LogP contribution in [0.25, 0.3) is 10.9 Å². The molecule has 3 heterocycles. The molecule has 3 aromatic rings. The van der Waals surface area contributed by atoms with Crippen LogP contribution in [0.4, 0.5) is 5.82 Å². The summed E-state index contributed by atoms with van der Waals surface area (Å²) in [7, 11) is 0. The van der Waals surface area contributed by atoms with Gasteiger partial charge in [-0.1, -0.05) is 12.1 Å². The Bertz CT molecular complexity index is 946. The van der Waals surface area contributed by atoms with Gasteiger partial charge in [-0.25, -0.2) is 15.0 Å². The number of nitrogens with two attached hydrogens (primary N) is 1. The molecular weight excluding hydrogens is 332 g/mol. The van der Waals surface area contributed by atoms with Crippen LogP contribution >= 0.6 is 0 Å². The van der Waals surface area contributed by atoms with Crippen molar-refractivity contribution in [3.8, 4) is 0 Å². The number of carbonyl (C=O) groups excluding carboxylic acids is 1. The van der Waals surface area contributed by atoms with E-state index in [0.29, 0.717) is 42.7 Å². The summed E-state index contributed by atoms with van der Waals surface area (Å²) in [5.74, 6) is 1.67. The van der Waals surface area contributed by atoms with E-state index in [9.17, 15) is 4.79 Å². The standard InChI is InChI=1S/C18H20N6O2/c1-12-16(20-11-26-12)18(25)24-8-6-23(7-9-24)10-15-21-14-5-3-2-4-13(14)17(19)22-15/h2-5,11H,6-10H2,1H3,(H2,19,21,22). The third-order valence-corrected chi connectivity index (χ3v) is 4.65. The minimum absolute atomic E-state index is 0.0814. The van der Waals surface area contributed by atoms with Gasteiger partial charge in [-0.2, -0.15) is 0 Å². The van der Waals surface area contributed by atoms with Crippen molar-refractivity contribution in [1.82, 2.24) is 24.8 Å². The van der Waals surface area contributed by atoms with Crippen LogP contribution in [-0.2, 0) is 6.54 Å². The number of rotatable bonds is 3. The quantitative estimate of drug-likeness (QED) is 0.761. The van der Waals surface area contributed by atoms with Crippen molar-refractivity contribution in [1.29, 1.82) is 0 Å². The highest BCUT2D eigenvalue weighted by Gasteiger charge is 2.25. The molecule has 2 N–H and O–H groups in total. The van der Waals surface area contributed by atoms with Gasteiger partial charge in [0, 0.05) is 31.6 Å². The average Bonchev–Trinajstić information content (AvgIpc) is 3.08. The lowest BCUT2D eigenvalue weighted by molar-refractivity contribution is 0.0619. The second-order valence-corrected chi connectivity index (χ2v) is 6.37. The van der Waals surface area contributed by atoms with Crippen molar-refractivity contribution in [3.63, 3.8) is 0 Å². The average molecular weight is 352 g/mol. The predicted molar refractivity (Wildman–Crippen MR) is 96.4 cm³/mol. The van der Waals surface area contributed by atoms with Crippen LogP contribution < -0.4 is 5.73 Å². The number of aryl methyl sites for hydroxylation is 1. The number of benzene rings is 1. The number of aromatic nitrogens is 3. The number of nitrogens with zero attached hydrogens (tertiary/aromatic N) is 5. The molecule has 1 amide bonds. The maximum Gasteiger partial charge on any atom is 0.276 e. The molecule has 0 unspecified atom stereocenters. The SMILES string of the molecule is Cc1ocnc1C(=O)N1CCN(Cc2nc(N)c3ccccc3n2)CC1. The molecule has 4 rings (SSSR count). The van der Waals surface area contributed by atoms with Crippen molar-refractivity contribution < 1.29 is 9.21 Å². The second-order valence-electron chi connectivity index (χ2n) is 6.37. The van der Waals surface area contributed by atoms with Gasteiger partial charge in [-0.15, -0.1) is 0 Å². The highest BCUT2D eigenvalue weighted by Crippen LogP contribution is 2.18. The number of hydrogen-bond donors (Lipinski definition) is 1. The summed E-state index contributed by atoms with van der Waals surface area (Å²) in [5.41, 5.74) is 7.30. The van der Waals surface area contributed by atoms with Crippen molar-refractivity contribution >= 4 is 22.6 Å². The topological polar surface area (TPSA) is 101 Å². The molecule has 1 aromatic carbocycles. The predicted octanol–water partition coefficient (Wildman–Crippen LogP) is 1.47. The highest BCUT2D eigenvalue weighted by molar-refractivity contribution is 5.93. The Labute approximate surface area is 150 Å². The Hall–Kier alpha value is -3.00. The molecule has 0 atom stereocenters. The van der Waals surface area contributed by atoms with Crippen molar-refractivity contribution in [2.24, 2.45) is 0 Å². The van der Waals surface area contributed by atoms with E-state index in [1.807, 2.05) is 24.3 Å². The lowest BCUT2D eigenvalue weighted by Gasteiger charge is -2.34. The second kappa shape index (κ2) is 6.72. The van der Waals surface area contributed by atoms with Crippen LogP contribution in [0, 0.1) is 6.92 Å². The molecule has 8 heteroatoms. The number of para-hydroxylation sites is 1. The van der Waals surface area contributed by atoms with Crippen LogP contribution in [0.5, 0.6) is 0 Å². The number of amides is 1. The fourth-order valence-electron chi connectivity index (χ4n) is 3.19. The first-order valence-electron chi connectivity index (χ1n) is 8.54. The largest absolute Gasteiger partial charge is 0.448 e. The normalized spacial score (nSPS) is 15.5. The van der Waals surface area contributed by atoms with E-state index in [2.05, 4.69) is 19.9 Å². The Morgan fingerprint density at radius 1 is 1.19 bits per heavy atom. The smallest absolute Gasteiger partial charge is 0.276 e. The lowest BCUT2D eigenvalue weighted by Crippen LogP contribution is -2.48. The number of piperazine rings is 1. The van der Waals surface area contributed by atoms with E-state index in [0.717, 1.165) is 24.0 Å². The maximum absolute atomic E-state index is 12.5. The molecule has 0 bridgehead atoms. The van der Waals surface area contributed by atoms with Crippen LogP contribution in [0.15, 0.2) is 35.1 Å². The maximum atomic E-state index is 12.5. The van der Waals surface area contributed by atoms with Gasteiger partial charge in [0.15, 0.2) is 12.1 Å². The molecule has 26 heavy (non-hydrogen) atoms. The third-order valence-electron chi connectivity index (χ3n) is 4.65. The van der Waals surface area contributed by atoms with E-state index in [-0.39, 0.29) is 5.91 Å². The molecule has 1 aliphatic heterocycles. The Balaban J connectivity index is 1.41. The first-order valence-corrected chi connectivity index (χ1v) is 8.54. The van der Waals surface area contributed by atoms with Gasteiger partial charge in [0.05, 0.1) is 12.1 Å². The summed E-state index contributed by atoms with van der Waals surface area (Å²) in [4.78, 5) is 29.5. The number of fused-ring (bicyclic) bond motifs is 1. The van der Waals surface area contributed by atoms with Crippen LogP contribution in [0.1, 0.15) is 22.1 Å². The number of oxazole rings is 1. The summed E-state index contributed by atoms with van der Waals surface area (Å²) in [6, 6.07) is 7.72. The van der Waals surface area contributed by atoms with Gasteiger partial charge < -0.3 is 15.1 Å². The van der Waals surface area contributed by atoms with Gasteiger partial charge >= 0.3 is 0 Å². The third kappa shape index (κ3) is 3.11. The van der Waals surface area contributed by atoms with Gasteiger partial charge in [0.2, 0.25) is 0 Å². The minimum atomic E-state index is -0.0814. The summed E-state index contributed by atoms with van der Waals surface area (Å²) >= 11 is 0. The monoisotopic (exact) mass is 352 g/mol. The summed E-state index contributed by atoms with van der Waals surface area (Å²) in [6.07, 6.45) is 1.31. The number of anilines is 1. The van der Waals surface area contributed by atoms with E-state index in [1.165, 1.54) is 6.39 Å². The highest BCUT2D eigenvalue weighted by atomic mass is 16.3. The fourth-order valence-corrected chi connectivity index (χ4v) is 3.19. The van der Waals surface area contributed by atoms with Gasteiger partial charge in [0.1, 0.15) is 17.4 Å². The summed E-state index contributed by atoms with van der Waals surface area (Å²) in [5, 5.41) is 0.870. The molecule has 1 fully saturated rings. The van der Waals surface area contributed by atoms with Crippen LogP contribution in [0.2, 0.25) is 0 Å². The number of carbonyl (C=O) groups is 1. The summed E-state index contributed by atoms with van der Waals surface area (Å²) < 4.78 is 5.13. The molecule has 0 aliphatic carbocycles. The fraction of sp³-hybridized carbons (Fsp3) is 0.333. The molecule has 1 aliphatic rings. The molecule has 1 saturated heterocycles. The van der Waals surface area contributed by atoms with Gasteiger partial charge in [-0.3, -0.25) is 9.69 Å². The Morgan fingerprint density at radius 3 is 2.69 bits per heavy atom. The molecule has 2 aromatic heterocycles. The minimum Gasteiger partial charge on any atom is -0.448 e. The van der Waals surface area contributed by atoms with Crippen molar-refractivity contribution in [2.75, 3.05) is 31.9 Å². The molecule has 134 valence electrons. The van der Waals surface area contributed by atoms with E-state index >= 15 is 0 Å². The van der Waals surface area contributed by atoms with Crippen molar-refractivity contribution in [2.45, 2.75) is 13.5 Å². The van der Waals surface area contributed by atoms with Gasteiger partial charge in [0.25, 0.3) is 5.91 Å². The van der Waals surface area contributed by atoms with E-state index in [4.69, 9.17) is 10.2 Å². The number of hydrogen-bond acceptors (Lipinski definition) is 7. The zero-order chi connectivity index (χ0) is 18.1. The molecule has 0 spiro atoms. The van der Waals surface area contributed by atoms with E-state index < -0.39 is 0 Å². The van der Waals surface area contributed by atoms with E-state index in [1.54, 1.807) is 11.8 Å². The first kappa shape index (κ1) is 16.5. The van der Waals surface area contributed by atoms with Crippen LogP contribution in [-0.4, -0.2) is 56.8 Å². The summed E-state index contributed by atoms with van der Waals surface area (Å²) in [6.45, 7) is 5.12. The first-order chi connectivity index (χ1) is 12.6. The van der Waals surface area contributed by atoms with Crippen LogP contribution in [0.3, 0.4) is 0 Å². The molecular formula is C18H20N6O2. The molecule has 0 saturated carbocycles. The zero-order valence-electron chi connectivity index (χ0n) is 14.6. The Morgan fingerprint density at radius 2 is 1.96 bits per heavy atom. The Kier molecular flexibility index (Phi) is 4.26. The van der Waals surface area contributed by atoms with Gasteiger partial charge in [-0.05, 0) is 19.1 Å². The van der Waals surface area contributed by atoms with Crippen molar-refractivity contribution in [3.05, 3.63) is 47.9 Å². The molecule has 8 nitrogen and oxygen atoms in total. The molecule has 0 radical (unpaired) electrons. The number of nitrogen functional groups attached to an aromatic ring is 1. The zero-order valence-corrected chi connectivity index (χ0v) is 14.6. The lowest BCUT2D eigenvalue weighted by atomic mass is 10.2.